The normalized spacial score (nSPS) is 35.9. The van der Waals surface area contributed by atoms with E-state index in [4.69, 9.17) is 11.6 Å². The highest BCUT2D eigenvalue weighted by molar-refractivity contribution is 6.29. The van der Waals surface area contributed by atoms with Crippen molar-refractivity contribution < 1.29 is 10.2 Å². The Bertz CT molecular complexity index is 956. The minimum absolute atomic E-state index is 0.0983. The van der Waals surface area contributed by atoms with Crippen molar-refractivity contribution in [2.75, 3.05) is 0 Å². The molecule has 2 aromatic rings. The third kappa shape index (κ3) is 3.02. The molecule has 1 aromatic heterocycles. The van der Waals surface area contributed by atoms with Gasteiger partial charge in [-0.15, -0.1) is 0 Å². The van der Waals surface area contributed by atoms with Crippen LogP contribution in [0.2, 0.25) is 5.15 Å². The summed E-state index contributed by atoms with van der Waals surface area (Å²) in [6, 6.07) is 9.65. The second-order valence-corrected chi connectivity index (χ2v) is 9.85. The fourth-order valence-electron chi connectivity index (χ4n) is 6.61. The molecule has 0 bridgehead atoms. The molecule has 1 aromatic carbocycles. The zero-order chi connectivity index (χ0) is 20.2. The van der Waals surface area contributed by atoms with Crippen molar-refractivity contribution in [3.8, 4) is 5.75 Å². The minimum atomic E-state index is -0.780. The van der Waals surface area contributed by atoms with Crippen LogP contribution in [-0.2, 0) is 6.42 Å². The average molecular weight is 410 g/mol. The number of aromatic nitrogens is 1. The molecule has 0 aliphatic heterocycles. The molecule has 3 aliphatic rings. The van der Waals surface area contributed by atoms with E-state index in [2.05, 4.69) is 18.0 Å². The molecule has 5 atom stereocenters. The van der Waals surface area contributed by atoms with Crippen molar-refractivity contribution in [1.29, 1.82) is 0 Å². The zero-order valence-corrected chi connectivity index (χ0v) is 17.6. The highest BCUT2D eigenvalue weighted by atomic mass is 35.5. The van der Waals surface area contributed by atoms with Crippen molar-refractivity contribution in [1.82, 2.24) is 4.98 Å². The summed E-state index contributed by atoms with van der Waals surface area (Å²) in [7, 11) is 0. The molecule has 0 unspecified atom stereocenters. The summed E-state index contributed by atoms with van der Waals surface area (Å²) in [6.07, 6.45) is 12.0. The van der Waals surface area contributed by atoms with E-state index in [9.17, 15) is 10.2 Å². The van der Waals surface area contributed by atoms with Crippen molar-refractivity contribution >= 4 is 17.7 Å². The number of aliphatic hydroxyl groups is 1. The zero-order valence-electron chi connectivity index (χ0n) is 16.8. The second-order valence-electron chi connectivity index (χ2n) is 9.47. The number of hydrogen-bond acceptors (Lipinski definition) is 3. The number of phenolic OH excluding ortho intramolecular Hbond substituents is 1. The maximum Gasteiger partial charge on any atom is 0.129 e. The number of hydrogen-bond donors (Lipinski definition) is 2. The summed E-state index contributed by atoms with van der Waals surface area (Å²) in [4.78, 5) is 4.14. The smallest absolute Gasteiger partial charge is 0.129 e. The molecule has 0 spiro atoms. The molecule has 2 fully saturated rings. The standard InChI is InChI=1S/C25H28ClNO2/c1-24-11-9-20-19-6-4-18(28)14-17(19)3-5-21(20)22(24)10-13-25(24,29)12-8-16-2-7-23(26)27-15-16/h2,4,6-8,12,14-15,20-22,28-29H,3,5,9-11,13H2,1H3/b12-8+/t20-,21-,22+,24+,25+/m1/s1. The van der Waals surface area contributed by atoms with Gasteiger partial charge in [-0.05, 0) is 91.2 Å². The van der Waals surface area contributed by atoms with Gasteiger partial charge in [0, 0.05) is 11.6 Å². The topological polar surface area (TPSA) is 53.4 Å². The fourth-order valence-corrected chi connectivity index (χ4v) is 6.73. The van der Waals surface area contributed by atoms with E-state index in [0.29, 0.717) is 28.7 Å². The first-order valence-corrected chi connectivity index (χ1v) is 11.1. The summed E-state index contributed by atoms with van der Waals surface area (Å²) in [6.45, 7) is 2.30. The van der Waals surface area contributed by atoms with Crippen LogP contribution in [0.5, 0.6) is 5.75 Å². The molecule has 0 saturated heterocycles. The van der Waals surface area contributed by atoms with E-state index < -0.39 is 5.60 Å². The van der Waals surface area contributed by atoms with E-state index in [0.717, 1.165) is 44.1 Å². The van der Waals surface area contributed by atoms with Gasteiger partial charge < -0.3 is 10.2 Å². The number of nitrogens with zero attached hydrogens (tertiary/aromatic N) is 1. The van der Waals surface area contributed by atoms with Crippen LogP contribution in [0.3, 0.4) is 0 Å². The van der Waals surface area contributed by atoms with Gasteiger partial charge in [-0.25, -0.2) is 4.98 Å². The van der Waals surface area contributed by atoms with Crippen LogP contribution >= 0.6 is 11.6 Å². The Morgan fingerprint density at radius 1 is 1.14 bits per heavy atom. The number of halogens is 1. The van der Waals surface area contributed by atoms with E-state index >= 15 is 0 Å². The van der Waals surface area contributed by atoms with Crippen molar-refractivity contribution in [3.63, 3.8) is 0 Å². The molecule has 1 heterocycles. The van der Waals surface area contributed by atoms with E-state index in [1.54, 1.807) is 12.3 Å². The van der Waals surface area contributed by atoms with Gasteiger partial charge in [-0.3, -0.25) is 0 Å². The quantitative estimate of drug-likeness (QED) is 0.621. The number of rotatable bonds is 2. The van der Waals surface area contributed by atoms with Crippen LogP contribution in [0.15, 0.2) is 42.6 Å². The van der Waals surface area contributed by atoms with E-state index in [-0.39, 0.29) is 5.41 Å². The molecule has 29 heavy (non-hydrogen) atoms. The van der Waals surface area contributed by atoms with E-state index in [1.165, 1.54) is 11.1 Å². The van der Waals surface area contributed by atoms with Gasteiger partial charge in [0.2, 0.25) is 0 Å². The van der Waals surface area contributed by atoms with Crippen LogP contribution in [0.4, 0.5) is 0 Å². The number of pyridine rings is 1. The first-order chi connectivity index (χ1) is 13.9. The predicted octanol–water partition coefficient (Wildman–Crippen LogP) is 5.74. The molecule has 5 rings (SSSR count). The Labute approximate surface area is 177 Å². The first-order valence-electron chi connectivity index (χ1n) is 10.7. The van der Waals surface area contributed by atoms with Gasteiger partial charge in [0.05, 0.1) is 5.60 Å². The lowest BCUT2D eigenvalue weighted by molar-refractivity contribution is -0.0705. The highest BCUT2D eigenvalue weighted by Gasteiger charge is 2.60. The monoisotopic (exact) mass is 409 g/mol. The van der Waals surface area contributed by atoms with Gasteiger partial charge >= 0.3 is 0 Å². The maximum atomic E-state index is 11.7. The first kappa shape index (κ1) is 19.1. The summed E-state index contributed by atoms with van der Waals surface area (Å²) in [5.74, 6) is 2.08. The van der Waals surface area contributed by atoms with Crippen LogP contribution in [0, 0.1) is 17.3 Å². The predicted molar refractivity (Wildman–Crippen MR) is 116 cm³/mol. The van der Waals surface area contributed by atoms with Crippen molar-refractivity contribution in [3.05, 3.63) is 64.4 Å². The largest absolute Gasteiger partial charge is 0.508 e. The lowest BCUT2D eigenvalue weighted by atomic mass is 9.53. The Morgan fingerprint density at radius 3 is 2.79 bits per heavy atom. The average Bonchev–Trinajstić information content (AvgIpc) is 2.98. The van der Waals surface area contributed by atoms with Crippen molar-refractivity contribution in [2.45, 2.75) is 57.0 Å². The minimum Gasteiger partial charge on any atom is -0.508 e. The Hall–Kier alpha value is -1.84. The molecular formula is C25H28ClNO2. The number of fused-ring (bicyclic) bond motifs is 5. The molecular weight excluding hydrogens is 382 g/mol. The van der Waals surface area contributed by atoms with Crippen LogP contribution in [0.25, 0.3) is 6.08 Å². The second kappa shape index (κ2) is 6.85. The van der Waals surface area contributed by atoms with E-state index in [1.807, 2.05) is 30.4 Å². The third-order valence-corrected chi connectivity index (χ3v) is 8.45. The Balaban J connectivity index is 1.42. The van der Waals surface area contributed by atoms with Crippen molar-refractivity contribution in [2.24, 2.45) is 17.3 Å². The number of phenols is 1. The van der Waals surface area contributed by atoms with Gasteiger partial charge in [-0.2, -0.15) is 0 Å². The summed E-state index contributed by atoms with van der Waals surface area (Å²) < 4.78 is 0. The highest BCUT2D eigenvalue weighted by Crippen LogP contribution is 2.64. The summed E-state index contributed by atoms with van der Waals surface area (Å²) in [5, 5.41) is 22.1. The lowest BCUT2D eigenvalue weighted by Crippen LogP contribution is -2.49. The third-order valence-electron chi connectivity index (χ3n) is 8.23. The fraction of sp³-hybridized carbons (Fsp3) is 0.480. The molecule has 2 N–H and O–H groups in total. The number of benzene rings is 1. The van der Waals surface area contributed by atoms with Gasteiger partial charge in [0.1, 0.15) is 10.9 Å². The SMILES string of the molecule is C[C@]12CC[C@@H]3c4ccc(O)cc4CC[C@H]3[C@@H]1CC[C@@]2(O)/C=C/c1ccc(Cl)nc1. The van der Waals surface area contributed by atoms with Crippen LogP contribution in [-0.4, -0.2) is 20.8 Å². The maximum absolute atomic E-state index is 11.7. The Morgan fingerprint density at radius 2 is 2.00 bits per heavy atom. The van der Waals surface area contributed by atoms with Gasteiger partial charge in [0.15, 0.2) is 0 Å². The molecule has 2 saturated carbocycles. The van der Waals surface area contributed by atoms with Gasteiger partial charge in [-0.1, -0.05) is 42.8 Å². The molecule has 0 amide bonds. The molecule has 152 valence electrons. The van der Waals surface area contributed by atoms with Crippen LogP contribution in [0.1, 0.15) is 61.6 Å². The number of aromatic hydroxyl groups is 1. The summed E-state index contributed by atoms with van der Waals surface area (Å²) >= 11 is 5.89. The van der Waals surface area contributed by atoms with Crippen LogP contribution < -0.4 is 0 Å². The summed E-state index contributed by atoms with van der Waals surface area (Å²) in [5.41, 5.74) is 2.84. The number of aryl methyl sites for hydroxylation is 1. The molecule has 3 aliphatic carbocycles. The lowest BCUT2D eigenvalue weighted by Gasteiger charge is -2.52. The molecule has 4 heteroatoms. The van der Waals surface area contributed by atoms with Gasteiger partial charge in [0.25, 0.3) is 0 Å². The molecule has 3 nitrogen and oxygen atoms in total. The Kier molecular flexibility index (Phi) is 4.52. The molecule has 0 radical (unpaired) electrons.